The SMILES string of the molecule is COc1ccc(Br)cc1S(=O)(=O)NC(CN1CCOCC1)c1ccccc1.Cl. The van der Waals surface area contributed by atoms with E-state index in [1.807, 2.05) is 30.3 Å². The third-order valence-electron chi connectivity index (χ3n) is 4.46. The quantitative estimate of drug-likeness (QED) is 0.644. The summed E-state index contributed by atoms with van der Waals surface area (Å²) in [6.45, 7) is 3.46. The first-order valence-electron chi connectivity index (χ1n) is 8.70. The molecule has 1 N–H and O–H groups in total. The molecule has 9 heteroatoms. The average molecular weight is 492 g/mol. The molecule has 0 radical (unpaired) electrons. The topological polar surface area (TPSA) is 67.9 Å². The van der Waals surface area contributed by atoms with Crippen molar-refractivity contribution in [2.45, 2.75) is 10.9 Å². The maximum Gasteiger partial charge on any atom is 0.244 e. The molecule has 1 aliphatic rings. The van der Waals surface area contributed by atoms with Gasteiger partial charge in [0.25, 0.3) is 0 Å². The lowest BCUT2D eigenvalue weighted by Gasteiger charge is -2.31. The molecule has 1 atom stereocenters. The zero-order chi connectivity index (χ0) is 19.3. The van der Waals surface area contributed by atoms with Crippen LogP contribution in [-0.2, 0) is 14.8 Å². The second-order valence-electron chi connectivity index (χ2n) is 6.29. The van der Waals surface area contributed by atoms with E-state index >= 15 is 0 Å². The number of hydrogen-bond acceptors (Lipinski definition) is 5. The van der Waals surface area contributed by atoms with Crippen molar-refractivity contribution >= 4 is 38.4 Å². The molecule has 0 saturated carbocycles. The van der Waals surface area contributed by atoms with Gasteiger partial charge in [-0.1, -0.05) is 46.3 Å². The third kappa shape index (κ3) is 5.92. The van der Waals surface area contributed by atoms with Crippen LogP contribution in [0.5, 0.6) is 5.75 Å². The summed E-state index contributed by atoms with van der Waals surface area (Å²) in [7, 11) is -2.32. The summed E-state index contributed by atoms with van der Waals surface area (Å²) in [5.41, 5.74) is 0.918. The Morgan fingerprint density at radius 3 is 2.50 bits per heavy atom. The van der Waals surface area contributed by atoms with Gasteiger partial charge in [0.1, 0.15) is 10.6 Å². The lowest BCUT2D eigenvalue weighted by Crippen LogP contribution is -2.43. The first-order valence-corrected chi connectivity index (χ1v) is 11.0. The van der Waals surface area contributed by atoms with Gasteiger partial charge in [-0.3, -0.25) is 4.90 Å². The Bertz CT molecular complexity index is 861. The summed E-state index contributed by atoms with van der Waals surface area (Å²) in [4.78, 5) is 2.32. The molecule has 6 nitrogen and oxygen atoms in total. The Labute approximate surface area is 180 Å². The molecule has 0 aromatic heterocycles. The van der Waals surface area contributed by atoms with Crippen LogP contribution in [0.1, 0.15) is 11.6 Å². The van der Waals surface area contributed by atoms with Crippen LogP contribution in [0, 0.1) is 0 Å². The molecule has 154 valence electrons. The molecule has 2 aromatic rings. The van der Waals surface area contributed by atoms with Crippen molar-refractivity contribution in [2.24, 2.45) is 0 Å². The summed E-state index contributed by atoms with van der Waals surface area (Å²) in [5, 5.41) is 0. The Kier molecular flexibility index (Phi) is 8.73. The molecule has 0 amide bonds. The highest BCUT2D eigenvalue weighted by molar-refractivity contribution is 9.10. The molecule has 28 heavy (non-hydrogen) atoms. The van der Waals surface area contributed by atoms with E-state index in [0.29, 0.717) is 30.0 Å². The molecule has 1 heterocycles. The van der Waals surface area contributed by atoms with Crippen LogP contribution >= 0.6 is 28.3 Å². The van der Waals surface area contributed by atoms with E-state index in [2.05, 4.69) is 25.6 Å². The number of benzene rings is 2. The first-order chi connectivity index (χ1) is 13.0. The number of halogens is 2. The van der Waals surface area contributed by atoms with Crippen LogP contribution in [0.4, 0.5) is 0 Å². The standard InChI is InChI=1S/C19H23BrN2O4S.ClH/c1-25-18-8-7-16(20)13-19(18)27(23,24)21-17(15-5-3-2-4-6-15)14-22-9-11-26-12-10-22;/h2-8,13,17,21H,9-12,14H2,1H3;1H. The fraction of sp³-hybridized carbons (Fsp3) is 0.368. The van der Waals surface area contributed by atoms with Gasteiger partial charge in [-0.2, -0.15) is 0 Å². The van der Waals surface area contributed by atoms with E-state index in [0.717, 1.165) is 18.7 Å². The van der Waals surface area contributed by atoms with Crippen LogP contribution in [0.3, 0.4) is 0 Å². The van der Waals surface area contributed by atoms with Crippen LogP contribution < -0.4 is 9.46 Å². The molecule has 0 aliphatic carbocycles. The van der Waals surface area contributed by atoms with Gasteiger partial charge in [0.05, 0.1) is 26.4 Å². The van der Waals surface area contributed by atoms with Gasteiger partial charge in [-0.05, 0) is 23.8 Å². The number of nitrogens with one attached hydrogen (secondary N) is 1. The van der Waals surface area contributed by atoms with Crippen molar-refractivity contribution in [1.29, 1.82) is 0 Å². The normalized spacial score (nSPS) is 16.2. The Morgan fingerprint density at radius 1 is 1.18 bits per heavy atom. The third-order valence-corrected chi connectivity index (χ3v) is 6.45. The Balaban J connectivity index is 0.00000280. The smallest absolute Gasteiger partial charge is 0.244 e. The van der Waals surface area contributed by atoms with E-state index in [1.54, 1.807) is 18.2 Å². The van der Waals surface area contributed by atoms with Gasteiger partial charge in [0.2, 0.25) is 10.0 Å². The molecule has 3 rings (SSSR count). The van der Waals surface area contributed by atoms with Crippen molar-refractivity contribution in [3.63, 3.8) is 0 Å². The lowest BCUT2D eigenvalue weighted by molar-refractivity contribution is 0.0345. The van der Waals surface area contributed by atoms with Gasteiger partial charge in [0, 0.05) is 24.1 Å². The summed E-state index contributed by atoms with van der Waals surface area (Å²) in [5.74, 6) is 0.309. The monoisotopic (exact) mass is 490 g/mol. The van der Waals surface area contributed by atoms with E-state index in [9.17, 15) is 8.42 Å². The van der Waals surface area contributed by atoms with Crippen molar-refractivity contribution in [3.8, 4) is 5.75 Å². The molecule has 0 bridgehead atoms. The van der Waals surface area contributed by atoms with E-state index in [4.69, 9.17) is 9.47 Å². The molecule has 1 unspecified atom stereocenters. The maximum absolute atomic E-state index is 13.1. The van der Waals surface area contributed by atoms with Crippen LogP contribution in [-0.4, -0.2) is 53.3 Å². The maximum atomic E-state index is 13.1. The number of nitrogens with zero attached hydrogens (tertiary/aromatic N) is 1. The summed E-state index contributed by atoms with van der Waals surface area (Å²) >= 11 is 3.34. The van der Waals surface area contributed by atoms with Crippen LogP contribution in [0.25, 0.3) is 0 Å². The molecular formula is C19H24BrClN2O4S. The van der Waals surface area contributed by atoms with Crippen molar-refractivity contribution in [1.82, 2.24) is 9.62 Å². The van der Waals surface area contributed by atoms with Crippen molar-refractivity contribution in [3.05, 3.63) is 58.6 Å². The van der Waals surface area contributed by atoms with Crippen LogP contribution in [0.2, 0.25) is 0 Å². The molecule has 2 aromatic carbocycles. The number of hydrogen-bond donors (Lipinski definition) is 1. The van der Waals surface area contributed by atoms with Gasteiger partial charge < -0.3 is 9.47 Å². The number of morpholine rings is 1. The fourth-order valence-corrected chi connectivity index (χ4v) is 4.97. The Hall–Kier alpha value is -1.16. The van der Waals surface area contributed by atoms with Gasteiger partial charge in [-0.25, -0.2) is 13.1 Å². The fourth-order valence-electron chi connectivity index (χ4n) is 3.05. The molecule has 1 fully saturated rings. The van der Waals surface area contributed by atoms with E-state index in [1.165, 1.54) is 7.11 Å². The van der Waals surface area contributed by atoms with Gasteiger partial charge >= 0.3 is 0 Å². The predicted octanol–water partition coefficient (Wildman–Crippen LogP) is 3.23. The summed E-state index contributed by atoms with van der Waals surface area (Å²) in [6.07, 6.45) is 0. The minimum Gasteiger partial charge on any atom is -0.495 e. The largest absolute Gasteiger partial charge is 0.495 e. The molecular weight excluding hydrogens is 468 g/mol. The Morgan fingerprint density at radius 2 is 1.86 bits per heavy atom. The average Bonchev–Trinajstić information content (AvgIpc) is 2.69. The predicted molar refractivity (Wildman–Crippen MR) is 115 cm³/mol. The number of ether oxygens (including phenoxy) is 2. The second-order valence-corrected chi connectivity index (χ2v) is 8.89. The number of methoxy groups -OCH3 is 1. The summed E-state index contributed by atoms with van der Waals surface area (Å²) < 4.78 is 40.5. The van der Waals surface area contributed by atoms with E-state index < -0.39 is 10.0 Å². The minimum absolute atomic E-state index is 0. The highest BCUT2D eigenvalue weighted by Gasteiger charge is 2.27. The molecule has 1 aliphatic heterocycles. The van der Waals surface area contributed by atoms with Crippen molar-refractivity contribution < 1.29 is 17.9 Å². The number of sulfonamides is 1. The molecule has 1 saturated heterocycles. The highest BCUT2D eigenvalue weighted by atomic mass is 79.9. The first kappa shape index (κ1) is 23.1. The minimum atomic E-state index is -3.79. The highest BCUT2D eigenvalue weighted by Crippen LogP contribution is 2.29. The van der Waals surface area contributed by atoms with Gasteiger partial charge in [0.15, 0.2) is 0 Å². The second kappa shape index (κ2) is 10.6. The molecule has 0 spiro atoms. The zero-order valence-corrected chi connectivity index (χ0v) is 18.7. The van der Waals surface area contributed by atoms with Crippen LogP contribution in [0.15, 0.2) is 57.9 Å². The van der Waals surface area contributed by atoms with Gasteiger partial charge in [-0.15, -0.1) is 12.4 Å². The lowest BCUT2D eigenvalue weighted by atomic mass is 10.1. The number of rotatable bonds is 7. The van der Waals surface area contributed by atoms with E-state index in [-0.39, 0.29) is 23.3 Å². The zero-order valence-electron chi connectivity index (χ0n) is 15.5. The summed E-state index contributed by atoms with van der Waals surface area (Å²) in [6, 6.07) is 14.2. The van der Waals surface area contributed by atoms with Crippen molar-refractivity contribution in [2.75, 3.05) is 40.0 Å².